The van der Waals surface area contributed by atoms with Crippen LogP contribution in [0.4, 0.5) is 0 Å². The van der Waals surface area contributed by atoms with Crippen LogP contribution in [0.3, 0.4) is 0 Å². The van der Waals surface area contributed by atoms with Crippen LogP contribution >= 0.6 is 39.9 Å². The first-order chi connectivity index (χ1) is 13.6. The summed E-state index contributed by atoms with van der Waals surface area (Å²) >= 11 is 3.31. The maximum absolute atomic E-state index is 12.3. The largest absolute Gasteiger partial charge is 0.454 e. The highest BCUT2D eigenvalue weighted by Gasteiger charge is 2.29. The second kappa shape index (κ2) is 12.2. The molecule has 1 unspecified atom stereocenters. The molecule has 1 saturated heterocycles. The molecule has 2 heterocycles. The first kappa shape index (κ1) is 23.7. The second-order valence-electron chi connectivity index (χ2n) is 6.98. The highest BCUT2D eigenvalue weighted by Crippen LogP contribution is 2.17. The summed E-state index contributed by atoms with van der Waals surface area (Å²) in [6, 6.07) is 14.2. The van der Waals surface area contributed by atoms with Crippen molar-refractivity contribution in [1.29, 1.82) is 0 Å². The number of nitrogens with zero attached hydrogens (tertiary/aromatic N) is 2. The van der Waals surface area contributed by atoms with Gasteiger partial charge in [-0.15, -0.1) is 24.0 Å². The summed E-state index contributed by atoms with van der Waals surface area (Å²) in [6.07, 6.45) is 2.28. The van der Waals surface area contributed by atoms with Gasteiger partial charge in [0.2, 0.25) is 5.91 Å². The fraction of sp³-hybridized carbons (Fsp3) is 0.429. The number of hydrogen-bond acceptors (Lipinski definition) is 3. The molecule has 1 atom stereocenters. The Morgan fingerprint density at radius 3 is 2.69 bits per heavy atom. The molecule has 1 aliphatic rings. The Bertz CT molecular complexity index is 797. The number of nitrogens with one attached hydrogen (secondary N) is 2. The zero-order chi connectivity index (χ0) is 19.8. The predicted molar refractivity (Wildman–Crippen MR) is 130 cm³/mol. The Kier molecular flexibility index (Phi) is 9.99. The summed E-state index contributed by atoms with van der Waals surface area (Å²) in [4.78, 5) is 18.5. The van der Waals surface area contributed by atoms with E-state index in [2.05, 4.69) is 43.7 Å². The third-order valence-electron chi connectivity index (χ3n) is 4.88. The van der Waals surface area contributed by atoms with Crippen LogP contribution in [-0.4, -0.2) is 50.0 Å². The SMILES string of the molecule is CN=C(NCCc1ccc(Br)o1)NCC1CC(=O)N(CCc2ccccc2)C1.I. The zero-order valence-electron chi connectivity index (χ0n) is 16.6. The van der Waals surface area contributed by atoms with Gasteiger partial charge in [0.05, 0.1) is 0 Å². The summed E-state index contributed by atoms with van der Waals surface area (Å²) in [6.45, 7) is 3.05. The normalized spacial score (nSPS) is 16.6. The molecule has 1 aliphatic heterocycles. The molecule has 8 heteroatoms. The fourth-order valence-corrected chi connectivity index (χ4v) is 3.71. The number of aliphatic imine (C=N–C) groups is 1. The van der Waals surface area contributed by atoms with Crippen LogP contribution in [0.15, 0.2) is 56.5 Å². The third-order valence-corrected chi connectivity index (χ3v) is 5.31. The van der Waals surface area contributed by atoms with E-state index in [0.29, 0.717) is 12.3 Å². The van der Waals surface area contributed by atoms with E-state index in [1.807, 2.05) is 35.2 Å². The van der Waals surface area contributed by atoms with Crippen molar-refractivity contribution in [3.63, 3.8) is 0 Å². The number of benzene rings is 1. The van der Waals surface area contributed by atoms with E-state index in [0.717, 1.165) is 55.4 Å². The van der Waals surface area contributed by atoms with Gasteiger partial charge in [0.15, 0.2) is 10.6 Å². The molecule has 1 aromatic heterocycles. The van der Waals surface area contributed by atoms with Gasteiger partial charge in [-0.05, 0) is 40.0 Å². The van der Waals surface area contributed by atoms with E-state index in [1.54, 1.807) is 7.05 Å². The van der Waals surface area contributed by atoms with Crippen LogP contribution in [-0.2, 0) is 17.6 Å². The van der Waals surface area contributed by atoms with Crippen molar-refractivity contribution in [1.82, 2.24) is 15.5 Å². The van der Waals surface area contributed by atoms with Crippen molar-refractivity contribution in [2.24, 2.45) is 10.9 Å². The molecule has 1 amide bonds. The van der Waals surface area contributed by atoms with E-state index in [-0.39, 0.29) is 29.9 Å². The van der Waals surface area contributed by atoms with Crippen molar-refractivity contribution < 1.29 is 9.21 Å². The second-order valence-corrected chi connectivity index (χ2v) is 7.76. The summed E-state index contributed by atoms with van der Waals surface area (Å²) in [5, 5.41) is 6.62. The number of carbonyl (C=O) groups is 1. The van der Waals surface area contributed by atoms with E-state index < -0.39 is 0 Å². The summed E-state index contributed by atoms with van der Waals surface area (Å²) < 4.78 is 6.24. The predicted octanol–water partition coefficient (Wildman–Crippen LogP) is 3.46. The Morgan fingerprint density at radius 2 is 2.00 bits per heavy atom. The molecule has 0 spiro atoms. The Balaban J connectivity index is 0.00000300. The van der Waals surface area contributed by atoms with Gasteiger partial charge in [0, 0.05) is 52.0 Å². The van der Waals surface area contributed by atoms with Crippen LogP contribution < -0.4 is 10.6 Å². The van der Waals surface area contributed by atoms with Crippen molar-refractivity contribution in [2.75, 3.05) is 33.2 Å². The van der Waals surface area contributed by atoms with Crippen molar-refractivity contribution in [2.45, 2.75) is 19.3 Å². The zero-order valence-corrected chi connectivity index (χ0v) is 20.5. The lowest BCUT2D eigenvalue weighted by molar-refractivity contribution is -0.127. The summed E-state index contributed by atoms with van der Waals surface area (Å²) in [5.41, 5.74) is 1.27. The summed E-state index contributed by atoms with van der Waals surface area (Å²) in [7, 11) is 1.75. The van der Waals surface area contributed by atoms with Crippen LogP contribution in [0.25, 0.3) is 0 Å². The molecule has 0 bridgehead atoms. The molecule has 1 aromatic carbocycles. The maximum atomic E-state index is 12.3. The quantitative estimate of drug-likeness (QED) is 0.288. The molecule has 0 aliphatic carbocycles. The number of halogens is 2. The average molecular weight is 575 g/mol. The van der Waals surface area contributed by atoms with Gasteiger partial charge >= 0.3 is 0 Å². The van der Waals surface area contributed by atoms with Crippen LogP contribution in [0.5, 0.6) is 0 Å². The van der Waals surface area contributed by atoms with E-state index in [4.69, 9.17) is 4.42 Å². The van der Waals surface area contributed by atoms with Crippen LogP contribution in [0, 0.1) is 5.92 Å². The molecule has 1 fully saturated rings. The molecule has 29 heavy (non-hydrogen) atoms. The van der Waals surface area contributed by atoms with Gasteiger partial charge in [-0.25, -0.2) is 0 Å². The van der Waals surface area contributed by atoms with Crippen molar-refractivity contribution in [3.8, 4) is 0 Å². The topological polar surface area (TPSA) is 69.9 Å². The Hall–Kier alpha value is -1.55. The molecule has 2 N–H and O–H groups in total. The number of rotatable bonds is 8. The Morgan fingerprint density at radius 1 is 1.21 bits per heavy atom. The Labute approximate surface area is 197 Å². The first-order valence-electron chi connectivity index (χ1n) is 9.64. The standard InChI is InChI=1S/C21H27BrN4O2.HI/c1-23-21(24-11-9-18-7-8-19(22)28-18)25-14-17-13-20(27)26(15-17)12-10-16-5-3-2-4-6-16;/h2-8,17H,9-15H2,1H3,(H2,23,24,25);1H. The molecule has 3 rings (SSSR count). The molecule has 2 aromatic rings. The lowest BCUT2D eigenvalue weighted by Gasteiger charge is -2.18. The van der Waals surface area contributed by atoms with E-state index >= 15 is 0 Å². The molecular formula is C21H28BrIN4O2. The lowest BCUT2D eigenvalue weighted by atomic mass is 10.1. The highest BCUT2D eigenvalue weighted by molar-refractivity contribution is 14.0. The smallest absolute Gasteiger partial charge is 0.223 e. The van der Waals surface area contributed by atoms with Gasteiger partial charge in [0.1, 0.15) is 5.76 Å². The number of furan rings is 1. The number of likely N-dealkylation sites (tertiary alicyclic amines) is 1. The minimum Gasteiger partial charge on any atom is -0.454 e. The number of carbonyl (C=O) groups excluding carboxylic acids is 1. The van der Waals surface area contributed by atoms with Crippen LogP contribution in [0.2, 0.25) is 0 Å². The third kappa shape index (κ3) is 7.65. The monoisotopic (exact) mass is 574 g/mol. The first-order valence-corrected chi connectivity index (χ1v) is 10.4. The molecular weight excluding hydrogens is 547 g/mol. The van der Waals surface area contributed by atoms with Crippen molar-refractivity contribution >= 4 is 51.8 Å². The van der Waals surface area contributed by atoms with E-state index in [1.165, 1.54) is 5.56 Å². The van der Waals surface area contributed by atoms with Crippen LogP contribution in [0.1, 0.15) is 17.7 Å². The highest BCUT2D eigenvalue weighted by atomic mass is 127. The molecule has 0 saturated carbocycles. The van der Waals surface area contributed by atoms with E-state index in [9.17, 15) is 4.79 Å². The van der Waals surface area contributed by atoms with Gasteiger partial charge in [-0.3, -0.25) is 9.79 Å². The maximum Gasteiger partial charge on any atom is 0.223 e. The van der Waals surface area contributed by atoms with Crippen molar-refractivity contribution in [3.05, 3.63) is 58.5 Å². The lowest BCUT2D eigenvalue weighted by Crippen LogP contribution is -2.41. The number of guanidine groups is 1. The molecule has 6 nitrogen and oxygen atoms in total. The molecule has 158 valence electrons. The van der Waals surface area contributed by atoms with Gasteiger partial charge in [0.25, 0.3) is 0 Å². The van der Waals surface area contributed by atoms with Gasteiger partial charge < -0.3 is 20.0 Å². The van der Waals surface area contributed by atoms with Gasteiger partial charge in [-0.1, -0.05) is 30.3 Å². The molecule has 0 radical (unpaired) electrons. The minimum atomic E-state index is 0. The average Bonchev–Trinajstić information content (AvgIpc) is 3.28. The summed E-state index contributed by atoms with van der Waals surface area (Å²) in [5.74, 6) is 2.23. The fourth-order valence-electron chi connectivity index (χ4n) is 3.37. The van der Waals surface area contributed by atoms with Gasteiger partial charge in [-0.2, -0.15) is 0 Å². The number of amides is 1. The number of hydrogen-bond donors (Lipinski definition) is 2. The minimum absolute atomic E-state index is 0.